The molecule has 0 aliphatic carbocycles. The molecule has 1 aliphatic heterocycles. The second kappa shape index (κ2) is 8.97. The summed E-state index contributed by atoms with van der Waals surface area (Å²) < 4.78 is 28.0. The minimum absolute atomic E-state index is 0.137. The van der Waals surface area contributed by atoms with Gasteiger partial charge in [-0.3, -0.25) is 4.79 Å². The normalized spacial score (nSPS) is 15.5. The van der Waals surface area contributed by atoms with Gasteiger partial charge in [0, 0.05) is 24.7 Å². The van der Waals surface area contributed by atoms with Crippen LogP contribution in [0.3, 0.4) is 0 Å². The molecule has 1 N–H and O–H groups in total. The number of hydrogen-bond acceptors (Lipinski definition) is 3. The number of carbonyl (C=O) groups excluding carboxylic acids is 1. The summed E-state index contributed by atoms with van der Waals surface area (Å²) in [6.07, 6.45) is 4.94. The molecule has 2 aromatic rings. The average molecular weight is 441 g/mol. The first kappa shape index (κ1) is 23.2. The zero-order valence-corrected chi connectivity index (χ0v) is 19.8. The van der Waals surface area contributed by atoms with E-state index >= 15 is 0 Å². The van der Waals surface area contributed by atoms with Gasteiger partial charge in [0.1, 0.15) is 0 Å². The number of fused-ring (bicyclic) bond motifs is 1. The number of rotatable bonds is 4. The van der Waals surface area contributed by atoms with Crippen LogP contribution < -0.4 is 5.32 Å². The molecule has 31 heavy (non-hydrogen) atoms. The van der Waals surface area contributed by atoms with E-state index in [0.29, 0.717) is 18.0 Å². The lowest BCUT2D eigenvalue weighted by Gasteiger charge is -2.21. The highest BCUT2D eigenvalue weighted by molar-refractivity contribution is 7.89. The van der Waals surface area contributed by atoms with E-state index in [-0.39, 0.29) is 11.4 Å². The van der Waals surface area contributed by atoms with E-state index in [9.17, 15) is 13.2 Å². The van der Waals surface area contributed by atoms with Gasteiger partial charge in [-0.1, -0.05) is 29.8 Å². The first-order valence-electron chi connectivity index (χ1n) is 10.7. The van der Waals surface area contributed by atoms with Crippen molar-refractivity contribution in [3.8, 4) is 0 Å². The minimum atomic E-state index is -3.56. The van der Waals surface area contributed by atoms with Gasteiger partial charge >= 0.3 is 0 Å². The number of hydrogen-bond donors (Lipinski definition) is 1. The van der Waals surface area contributed by atoms with Crippen molar-refractivity contribution in [3.63, 3.8) is 0 Å². The van der Waals surface area contributed by atoms with Crippen molar-refractivity contribution in [2.24, 2.45) is 0 Å². The highest BCUT2D eigenvalue weighted by Gasteiger charge is 2.27. The van der Waals surface area contributed by atoms with E-state index in [2.05, 4.69) is 5.32 Å². The average Bonchev–Trinajstić information content (AvgIpc) is 2.89. The van der Waals surface area contributed by atoms with Crippen LogP contribution in [-0.4, -0.2) is 30.7 Å². The maximum absolute atomic E-state index is 13.2. The highest BCUT2D eigenvalue weighted by Crippen LogP contribution is 2.29. The molecule has 1 amide bonds. The van der Waals surface area contributed by atoms with E-state index in [0.717, 1.165) is 40.7 Å². The number of nitrogens with zero attached hydrogens (tertiary/aromatic N) is 1. The summed E-state index contributed by atoms with van der Waals surface area (Å²) >= 11 is 0. The van der Waals surface area contributed by atoms with Crippen LogP contribution in [0.15, 0.2) is 47.4 Å². The van der Waals surface area contributed by atoms with Crippen LogP contribution in [0, 0.1) is 13.8 Å². The van der Waals surface area contributed by atoms with E-state index in [1.54, 1.807) is 22.5 Å². The van der Waals surface area contributed by atoms with Crippen molar-refractivity contribution in [3.05, 3.63) is 70.3 Å². The largest absolute Gasteiger partial charge is 0.348 e. The van der Waals surface area contributed by atoms with Crippen molar-refractivity contribution < 1.29 is 13.2 Å². The number of benzene rings is 2. The molecule has 0 radical (unpaired) electrons. The summed E-state index contributed by atoms with van der Waals surface area (Å²) in [6, 6.07) is 11.0. The molecule has 1 aliphatic rings. The van der Waals surface area contributed by atoms with Crippen molar-refractivity contribution in [1.82, 2.24) is 9.62 Å². The van der Waals surface area contributed by atoms with Gasteiger partial charge in [-0.15, -0.1) is 0 Å². The summed E-state index contributed by atoms with van der Waals surface area (Å²) in [7, 11) is -3.56. The van der Waals surface area contributed by atoms with Gasteiger partial charge in [0.2, 0.25) is 15.9 Å². The minimum Gasteiger partial charge on any atom is -0.348 e. The lowest BCUT2D eigenvalue weighted by molar-refractivity contribution is -0.117. The molecule has 5 nitrogen and oxygen atoms in total. The Kier molecular flexibility index (Phi) is 6.72. The molecule has 0 unspecified atom stereocenters. The van der Waals surface area contributed by atoms with Crippen LogP contribution >= 0.6 is 0 Å². The van der Waals surface area contributed by atoms with Crippen LogP contribution in [0.5, 0.6) is 0 Å². The van der Waals surface area contributed by atoms with Crippen molar-refractivity contribution >= 4 is 22.0 Å². The Hall–Kier alpha value is -2.44. The Balaban J connectivity index is 1.91. The fraction of sp³-hybridized carbons (Fsp3) is 0.400. The number of sulfonamides is 1. The predicted octanol–water partition coefficient (Wildman–Crippen LogP) is 4.37. The van der Waals surface area contributed by atoms with E-state index < -0.39 is 10.0 Å². The molecule has 1 heterocycles. The maximum Gasteiger partial charge on any atom is 0.244 e. The Labute approximate surface area is 186 Å². The Bertz CT molecular complexity index is 1090. The number of aryl methyl sites for hydroxylation is 2. The van der Waals surface area contributed by atoms with Crippen LogP contribution in [0.25, 0.3) is 6.08 Å². The van der Waals surface area contributed by atoms with Gasteiger partial charge in [0.15, 0.2) is 0 Å². The predicted molar refractivity (Wildman–Crippen MR) is 125 cm³/mol. The molecule has 0 fully saturated rings. The van der Waals surface area contributed by atoms with Gasteiger partial charge in [-0.2, -0.15) is 4.31 Å². The first-order valence-corrected chi connectivity index (χ1v) is 12.1. The van der Waals surface area contributed by atoms with Gasteiger partial charge < -0.3 is 5.32 Å². The summed E-state index contributed by atoms with van der Waals surface area (Å²) in [5.41, 5.74) is 4.94. The van der Waals surface area contributed by atoms with Gasteiger partial charge in [-0.25, -0.2) is 8.42 Å². The summed E-state index contributed by atoms with van der Waals surface area (Å²) in [5.74, 6) is -0.137. The van der Waals surface area contributed by atoms with Gasteiger partial charge in [-0.05, 0) is 87.9 Å². The lowest BCUT2D eigenvalue weighted by Crippen LogP contribution is -2.39. The quantitative estimate of drug-likeness (QED) is 0.718. The Morgan fingerprint density at radius 2 is 1.74 bits per heavy atom. The molecule has 3 rings (SSSR count). The molecule has 166 valence electrons. The maximum atomic E-state index is 13.2. The van der Waals surface area contributed by atoms with E-state index in [4.69, 9.17) is 0 Å². The highest BCUT2D eigenvalue weighted by atomic mass is 32.2. The zero-order valence-electron chi connectivity index (χ0n) is 19.0. The molecule has 0 saturated carbocycles. The third-order valence-corrected chi connectivity index (χ3v) is 7.27. The fourth-order valence-electron chi connectivity index (χ4n) is 3.84. The summed E-state index contributed by atoms with van der Waals surface area (Å²) in [6.45, 7) is 10.6. The molecular weight excluding hydrogens is 408 g/mol. The monoisotopic (exact) mass is 440 g/mol. The van der Waals surface area contributed by atoms with Crippen LogP contribution in [0.2, 0.25) is 0 Å². The second-order valence-electron chi connectivity index (χ2n) is 9.26. The topological polar surface area (TPSA) is 66.5 Å². The third-order valence-electron chi connectivity index (χ3n) is 5.41. The molecule has 6 heteroatoms. The van der Waals surface area contributed by atoms with Crippen LogP contribution in [-0.2, 0) is 27.8 Å². The SMILES string of the molecule is Cc1ccc(S(=O)(=O)N2CCCc3c(ccc(C)c3/C=C/C(=O)NC(C)(C)C)C2)cc1. The number of amides is 1. The van der Waals surface area contributed by atoms with E-state index in [1.807, 2.05) is 65.0 Å². The Morgan fingerprint density at radius 1 is 1.06 bits per heavy atom. The van der Waals surface area contributed by atoms with Crippen LogP contribution in [0.4, 0.5) is 0 Å². The molecule has 0 saturated heterocycles. The van der Waals surface area contributed by atoms with Crippen molar-refractivity contribution in [2.45, 2.75) is 64.4 Å². The van der Waals surface area contributed by atoms with Gasteiger partial charge in [0.25, 0.3) is 0 Å². The Morgan fingerprint density at radius 3 is 2.39 bits per heavy atom. The smallest absolute Gasteiger partial charge is 0.244 e. The molecule has 0 bridgehead atoms. The molecular formula is C25H32N2O3S. The molecule has 0 spiro atoms. The second-order valence-corrected chi connectivity index (χ2v) is 11.2. The molecule has 0 atom stereocenters. The standard InChI is InChI=1S/C25H32N2O3S/c1-18-8-12-21(13-9-18)31(29,30)27-16-6-7-23-20(17-27)11-10-19(2)22(23)14-15-24(28)26-25(3,4)5/h8-15H,6-7,16-17H2,1-5H3,(H,26,28)/b15-14+. The van der Waals surface area contributed by atoms with E-state index in [1.165, 1.54) is 0 Å². The molecule has 2 aromatic carbocycles. The van der Waals surface area contributed by atoms with Gasteiger partial charge in [0.05, 0.1) is 4.90 Å². The summed E-state index contributed by atoms with van der Waals surface area (Å²) in [5, 5.41) is 2.94. The van der Waals surface area contributed by atoms with Crippen molar-refractivity contribution in [2.75, 3.05) is 6.54 Å². The van der Waals surface area contributed by atoms with Crippen LogP contribution in [0.1, 0.15) is 55.0 Å². The first-order chi connectivity index (χ1) is 14.5. The molecule has 0 aromatic heterocycles. The fourth-order valence-corrected chi connectivity index (χ4v) is 5.30. The number of nitrogens with one attached hydrogen (secondary N) is 1. The lowest BCUT2D eigenvalue weighted by atomic mass is 9.93. The van der Waals surface area contributed by atoms with Crippen molar-refractivity contribution in [1.29, 1.82) is 0 Å². The third kappa shape index (κ3) is 5.63. The number of carbonyl (C=O) groups is 1. The summed E-state index contributed by atoms with van der Waals surface area (Å²) in [4.78, 5) is 12.6. The zero-order chi connectivity index (χ0) is 22.8.